The fraction of sp³-hybridized carbons (Fsp3) is 0.867. The highest BCUT2D eigenvalue weighted by Crippen LogP contribution is 2.35. The molecule has 0 radical (unpaired) electrons. The summed E-state index contributed by atoms with van der Waals surface area (Å²) in [5, 5.41) is 9.03. The number of amides is 1. The number of likely N-dealkylation sites (tertiary alicyclic amines) is 1. The summed E-state index contributed by atoms with van der Waals surface area (Å²) in [6.45, 7) is 7.35. The van der Waals surface area contributed by atoms with E-state index in [0.717, 1.165) is 13.0 Å². The van der Waals surface area contributed by atoms with Crippen LogP contribution in [0.4, 0.5) is 0 Å². The van der Waals surface area contributed by atoms with E-state index in [1.165, 1.54) is 6.42 Å². The summed E-state index contributed by atoms with van der Waals surface area (Å²) in [5.41, 5.74) is 0. The predicted octanol–water partition coefficient (Wildman–Crippen LogP) is 2.38. The zero-order valence-electron chi connectivity index (χ0n) is 12.1. The molecule has 2 aliphatic rings. The minimum atomic E-state index is -0.747. The van der Waals surface area contributed by atoms with Crippen molar-refractivity contribution in [2.24, 2.45) is 23.7 Å². The molecule has 1 aliphatic heterocycles. The number of carbonyl (C=O) groups excluding carboxylic acids is 1. The Hall–Kier alpha value is -1.06. The van der Waals surface area contributed by atoms with Gasteiger partial charge in [0, 0.05) is 18.5 Å². The summed E-state index contributed by atoms with van der Waals surface area (Å²) >= 11 is 0. The molecule has 0 aromatic carbocycles. The van der Waals surface area contributed by atoms with Crippen molar-refractivity contribution in [1.82, 2.24) is 4.90 Å². The number of aliphatic carboxylic acids is 1. The van der Waals surface area contributed by atoms with Gasteiger partial charge in [-0.15, -0.1) is 0 Å². The zero-order chi connectivity index (χ0) is 14.2. The number of carboxylic acids is 1. The molecule has 1 heterocycles. The lowest BCUT2D eigenvalue weighted by molar-refractivity contribution is -0.143. The van der Waals surface area contributed by atoms with Crippen LogP contribution in [0.5, 0.6) is 0 Å². The van der Waals surface area contributed by atoms with E-state index >= 15 is 0 Å². The van der Waals surface area contributed by atoms with Crippen molar-refractivity contribution < 1.29 is 14.7 Å². The molecule has 1 saturated heterocycles. The Morgan fingerprint density at radius 1 is 1.05 bits per heavy atom. The van der Waals surface area contributed by atoms with Crippen LogP contribution in [-0.2, 0) is 9.59 Å². The van der Waals surface area contributed by atoms with Gasteiger partial charge in [0.05, 0.1) is 5.92 Å². The van der Waals surface area contributed by atoms with Gasteiger partial charge in [-0.25, -0.2) is 0 Å². The van der Waals surface area contributed by atoms with Crippen LogP contribution < -0.4 is 0 Å². The van der Waals surface area contributed by atoms with Gasteiger partial charge < -0.3 is 10.0 Å². The standard InChI is InChI=1S/C15H25NO3/c1-9-6-10(2)11(3)16(8-9)14(17)12-4-5-13(7-12)15(18)19/h9-13H,4-8H2,1-3H3,(H,18,19)/t9?,10?,11?,12-,13+/m1/s1. The van der Waals surface area contributed by atoms with E-state index in [1.807, 2.05) is 4.90 Å². The highest BCUT2D eigenvalue weighted by atomic mass is 16.4. The largest absolute Gasteiger partial charge is 0.481 e. The van der Waals surface area contributed by atoms with Gasteiger partial charge in [-0.2, -0.15) is 0 Å². The second kappa shape index (κ2) is 5.51. The average Bonchev–Trinajstić information content (AvgIpc) is 2.82. The molecule has 1 amide bonds. The zero-order valence-corrected chi connectivity index (χ0v) is 12.1. The number of piperidine rings is 1. The third kappa shape index (κ3) is 2.93. The van der Waals surface area contributed by atoms with Crippen molar-refractivity contribution in [3.63, 3.8) is 0 Å². The number of rotatable bonds is 2. The lowest BCUT2D eigenvalue weighted by Crippen LogP contribution is -2.50. The normalized spacial score (nSPS) is 39.3. The van der Waals surface area contributed by atoms with Gasteiger partial charge in [-0.1, -0.05) is 13.8 Å². The lowest BCUT2D eigenvalue weighted by atomic mass is 9.85. The van der Waals surface area contributed by atoms with Crippen LogP contribution in [0, 0.1) is 23.7 Å². The van der Waals surface area contributed by atoms with Crippen LogP contribution in [0.2, 0.25) is 0 Å². The van der Waals surface area contributed by atoms with Crippen molar-refractivity contribution in [3.05, 3.63) is 0 Å². The summed E-state index contributed by atoms with van der Waals surface area (Å²) in [4.78, 5) is 25.6. The summed E-state index contributed by atoms with van der Waals surface area (Å²) in [6.07, 6.45) is 3.09. The van der Waals surface area contributed by atoms with E-state index in [-0.39, 0.29) is 23.8 Å². The summed E-state index contributed by atoms with van der Waals surface area (Å²) in [5.74, 6) is 0.138. The van der Waals surface area contributed by atoms with Crippen molar-refractivity contribution in [2.45, 2.75) is 52.5 Å². The Bertz CT molecular complexity index is 368. The minimum absolute atomic E-state index is 0.0685. The predicted molar refractivity (Wildman–Crippen MR) is 72.6 cm³/mol. The van der Waals surface area contributed by atoms with E-state index < -0.39 is 5.97 Å². The molecule has 1 saturated carbocycles. The second-order valence-electron chi connectivity index (χ2n) is 6.59. The van der Waals surface area contributed by atoms with Crippen LogP contribution in [0.1, 0.15) is 46.5 Å². The molecule has 1 aliphatic carbocycles. The number of carbonyl (C=O) groups is 2. The average molecular weight is 267 g/mol. The maximum absolute atomic E-state index is 12.6. The molecule has 19 heavy (non-hydrogen) atoms. The molecule has 2 rings (SSSR count). The molecule has 5 atom stereocenters. The molecular formula is C15H25NO3. The smallest absolute Gasteiger partial charge is 0.306 e. The molecule has 1 N–H and O–H groups in total. The van der Waals surface area contributed by atoms with Gasteiger partial charge in [-0.05, 0) is 44.4 Å². The van der Waals surface area contributed by atoms with Crippen molar-refractivity contribution in [1.29, 1.82) is 0 Å². The highest BCUT2D eigenvalue weighted by Gasteiger charge is 2.39. The molecule has 0 aromatic heterocycles. The van der Waals surface area contributed by atoms with Crippen LogP contribution in [0.15, 0.2) is 0 Å². The number of hydrogen-bond acceptors (Lipinski definition) is 2. The van der Waals surface area contributed by atoms with Gasteiger partial charge in [0.15, 0.2) is 0 Å². The maximum Gasteiger partial charge on any atom is 0.306 e. The monoisotopic (exact) mass is 267 g/mol. The molecule has 4 heteroatoms. The molecular weight excluding hydrogens is 242 g/mol. The molecule has 0 spiro atoms. The Morgan fingerprint density at radius 3 is 2.26 bits per heavy atom. The first-order valence-electron chi connectivity index (χ1n) is 7.43. The number of hydrogen-bond donors (Lipinski definition) is 1. The lowest BCUT2D eigenvalue weighted by Gasteiger charge is -2.42. The molecule has 0 aromatic rings. The van der Waals surface area contributed by atoms with Crippen molar-refractivity contribution >= 4 is 11.9 Å². The van der Waals surface area contributed by atoms with Gasteiger partial charge in [-0.3, -0.25) is 9.59 Å². The molecule has 2 fully saturated rings. The molecule has 3 unspecified atom stereocenters. The first-order valence-corrected chi connectivity index (χ1v) is 7.43. The quantitative estimate of drug-likeness (QED) is 0.835. The SMILES string of the molecule is CC1CC(C)C(C)N(C(=O)[C@@H]2CC[C@H](C(=O)O)C2)C1. The molecule has 4 nitrogen and oxygen atoms in total. The fourth-order valence-electron chi connectivity index (χ4n) is 3.67. The first kappa shape index (κ1) is 14.4. The number of carboxylic acid groups (broad SMARTS) is 1. The summed E-state index contributed by atoms with van der Waals surface area (Å²) < 4.78 is 0. The maximum atomic E-state index is 12.6. The first-order chi connectivity index (χ1) is 8.90. The Labute approximate surface area is 115 Å². The Morgan fingerprint density at radius 2 is 1.68 bits per heavy atom. The van der Waals surface area contributed by atoms with Crippen molar-refractivity contribution in [3.8, 4) is 0 Å². The Balaban J connectivity index is 2.01. The van der Waals surface area contributed by atoms with Crippen LogP contribution in [0.25, 0.3) is 0 Å². The third-order valence-electron chi connectivity index (χ3n) is 5.01. The number of nitrogens with zero attached hydrogens (tertiary/aromatic N) is 1. The van der Waals surface area contributed by atoms with Crippen LogP contribution in [-0.4, -0.2) is 34.5 Å². The van der Waals surface area contributed by atoms with Crippen LogP contribution >= 0.6 is 0 Å². The molecule has 0 bridgehead atoms. The van der Waals surface area contributed by atoms with Gasteiger partial charge in [0.25, 0.3) is 0 Å². The minimum Gasteiger partial charge on any atom is -0.481 e. The topological polar surface area (TPSA) is 57.6 Å². The van der Waals surface area contributed by atoms with Crippen molar-refractivity contribution in [2.75, 3.05) is 6.54 Å². The summed E-state index contributed by atoms with van der Waals surface area (Å²) in [6, 6.07) is 0.285. The van der Waals surface area contributed by atoms with Gasteiger partial charge >= 0.3 is 5.97 Å². The highest BCUT2D eigenvalue weighted by molar-refractivity contribution is 5.81. The van der Waals surface area contributed by atoms with Gasteiger partial charge in [0.2, 0.25) is 5.91 Å². The fourth-order valence-corrected chi connectivity index (χ4v) is 3.67. The van der Waals surface area contributed by atoms with Gasteiger partial charge in [0.1, 0.15) is 0 Å². The van der Waals surface area contributed by atoms with E-state index in [2.05, 4.69) is 20.8 Å². The van der Waals surface area contributed by atoms with E-state index in [0.29, 0.717) is 24.7 Å². The van der Waals surface area contributed by atoms with E-state index in [1.54, 1.807) is 0 Å². The van der Waals surface area contributed by atoms with E-state index in [4.69, 9.17) is 5.11 Å². The third-order valence-corrected chi connectivity index (χ3v) is 5.01. The van der Waals surface area contributed by atoms with Crippen LogP contribution in [0.3, 0.4) is 0 Å². The van der Waals surface area contributed by atoms with E-state index in [9.17, 15) is 9.59 Å². The molecule has 108 valence electrons. The summed E-state index contributed by atoms with van der Waals surface area (Å²) in [7, 11) is 0. The Kier molecular flexibility index (Phi) is 4.16. The second-order valence-corrected chi connectivity index (χ2v) is 6.59.